The maximum atomic E-state index is 10.9. The highest BCUT2D eigenvalue weighted by Gasteiger charge is 2.16. The van der Waals surface area contributed by atoms with Crippen molar-refractivity contribution in [2.45, 2.75) is 33.8 Å². The lowest BCUT2D eigenvalue weighted by Gasteiger charge is -2.07. The summed E-state index contributed by atoms with van der Waals surface area (Å²) in [4.78, 5) is 10.9. The molecule has 1 rings (SSSR count). The molecule has 0 spiro atoms. The lowest BCUT2D eigenvalue weighted by Crippen LogP contribution is -2.13. The summed E-state index contributed by atoms with van der Waals surface area (Å²) in [6, 6.07) is 6.35. The van der Waals surface area contributed by atoms with Crippen LogP contribution in [0.1, 0.15) is 39.4 Å². The molecule has 0 fully saturated rings. The van der Waals surface area contributed by atoms with Crippen molar-refractivity contribution in [3.8, 4) is 0 Å². The molecule has 0 aliphatic rings. The Hall–Kier alpha value is -1.06. The van der Waals surface area contributed by atoms with E-state index in [9.17, 15) is 9.90 Å². The van der Waals surface area contributed by atoms with Crippen molar-refractivity contribution in [1.82, 2.24) is 0 Å². The molecule has 0 saturated carbocycles. The zero-order chi connectivity index (χ0) is 13.8. The molecule has 1 N–H and O–H groups in total. The van der Waals surface area contributed by atoms with Gasteiger partial charge in [-0.25, -0.2) is 4.79 Å². The fraction of sp³-hybridized carbons (Fsp3) is 0.462. The third kappa shape index (κ3) is 6.97. The molecular weight excluding hydrogens is 240 g/mol. The van der Waals surface area contributed by atoms with Gasteiger partial charge in [-0.3, -0.25) is 0 Å². The highest BCUT2D eigenvalue weighted by atomic mass is 35.5. The zero-order valence-electron chi connectivity index (χ0n) is 11.0. The maximum absolute atomic E-state index is 10.9. The molecule has 4 heteroatoms. The zero-order valence-corrected chi connectivity index (χ0v) is 11.8. The van der Waals surface area contributed by atoms with E-state index in [1.165, 1.54) is 7.11 Å². The van der Waals surface area contributed by atoms with E-state index < -0.39 is 12.1 Å². The van der Waals surface area contributed by atoms with Crippen LogP contribution in [0, 0.1) is 0 Å². The molecule has 1 atom stereocenters. The summed E-state index contributed by atoms with van der Waals surface area (Å²) in [5.41, 5.74) is 0.469. The highest BCUT2D eigenvalue weighted by Crippen LogP contribution is 2.16. The fourth-order valence-corrected chi connectivity index (χ4v) is 1.02. The van der Waals surface area contributed by atoms with E-state index >= 15 is 0 Å². The van der Waals surface area contributed by atoms with E-state index in [-0.39, 0.29) is 0 Å². The van der Waals surface area contributed by atoms with Gasteiger partial charge in [0.1, 0.15) is 0 Å². The van der Waals surface area contributed by atoms with E-state index in [4.69, 9.17) is 11.6 Å². The predicted molar refractivity (Wildman–Crippen MR) is 71.1 cm³/mol. The van der Waals surface area contributed by atoms with Crippen molar-refractivity contribution in [2.24, 2.45) is 0 Å². The van der Waals surface area contributed by atoms with Crippen LogP contribution in [0.2, 0.25) is 5.02 Å². The summed E-state index contributed by atoms with van der Waals surface area (Å²) in [5, 5.41) is 9.92. The molecule has 0 saturated heterocycles. The topological polar surface area (TPSA) is 46.5 Å². The number of aliphatic hydroxyl groups is 1. The van der Waals surface area contributed by atoms with Gasteiger partial charge in [-0.1, -0.05) is 51.4 Å². The molecule has 0 heterocycles. The van der Waals surface area contributed by atoms with Crippen molar-refractivity contribution in [3.05, 3.63) is 34.9 Å². The van der Waals surface area contributed by atoms with Gasteiger partial charge in [0, 0.05) is 5.02 Å². The Balaban J connectivity index is 0. The first-order chi connectivity index (χ1) is 8.15. The Morgan fingerprint density at radius 1 is 1.18 bits per heavy atom. The van der Waals surface area contributed by atoms with E-state index in [0.29, 0.717) is 10.6 Å². The normalized spacial score (nSPS) is 10.1. The monoisotopic (exact) mass is 260 g/mol. The number of methoxy groups -OCH3 is 1. The molecule has 0 aliphatic heterocycles. The number of halogens is 1. The SMILES string of the molecule is CC.CC.COC(=O)C(O)c1ccc(Cl)cc1. The van der Waals surface area contributed by atoms with Gasteiger partial charge in [0.25, 0.3) is 0 Å². The van der Waals surface area contributed by atoms with Crippen LogP contribution in [-0.4, -0.2) is 18.2 Å². The first kappa shape index (κ1) is 18.3. The van der Waals surface area contributed by atoms with E-state index in [0.717, 1.165) is 0 Å². The van der Waals surface area contributed by atoms with Crippen LogP contribution in [0.3, 0.4) is 0 Å². The van der Waals surface area contributed by atoms with Crippen LogP contribution in [0.4, 0.5) is 0 Å². The molecule has 1 aromatic carbocycles. The van der Waals surface area contributed by atoms with Crippen molar-refractivity contribution >= 4 is 17.6 Å². The number of aliphatic hydroxyl groups excluding tert-OH is 1. The Morgan fingerprint density at radius 3 is 1.94 bits per heavy atom. The highest BCUT2D eigenvalue weighted by molar-refractivity contribution is 6.30. The Bertz CT molecular complexity index is 296. The van der Waals surface area contributed by atoms with Crippen LogP contribution < -0.4 is 0 Å². The summed E-state index contributed by atoms with van der Waals surface area (Å²) >= 11 is 5.63. The second-order valence-electron chi connectivity index (χ2n) is 2.48. The molecule has 0 aromatic heterocycles. The third-order valence-electron chi connectivity index (χ3n) is 1.61. The number of hydrogen-bond donors (Lipinski definition) is 1. The van der Waals surface area contributed by atoms with Crippen molar-refractivity contribution < 1.29 is 14.6 Å². The Kier molecular flexibility index (Phi) is 12.3. The molecule has 17 heavy (non-hydrogen) atoms. The summed E-state index contributed by atoms with van der Waals surface area (Å²) in [6.45, 7) is 8.00. The Labute approximate surface area is 108 Å². The quantitative estimate of drug-likeness (QED) is 0.827. The molecule has 0 aliphatic carbocycles. The van der Waals surface area contributed by atoms with Crippen LogP contribution in [-0.2, 0) is 9.53 Å². The molecule has 3 nitrogen and oxygen atoms in total. The third-order valence-corrected chi connectivity index (χ3v) is 1.86. The first-order valence-electron chi connectivity index (χ1n) is 5.66. The van der Waals surface area contributed by atoms with Gasteiger partial charge in [0.05, 0.1) is 7.11 Å². The number of esters is 1. The largest absolute Gasteiger partial charge is 0.467 e. The molecule has 0 bridgehead atoms. The van der Waals surface area contributed by atoms with Crippen LogP contribution in [0.5, 0.6) is 0 Å². The number of carbonyl (C=O) groups excluding carboxylic acids is 1. The molecule has 1 unspecified atom stereocenters. The standard InChI is InChI=1S/C9H9ClO3.2C2H6/c1-13-9(12)8(11)6-2-4-7(10)5-3-6;2*1-2/h2-5,8,11H,1H3;2*1-2H3. The van der Waals surface area contributed by atoms with Crippen LogP contribution >= 0.6 is 11.6 Å². The average Bonchev–Trinajstić information content (AvgIpc) is 2.42. The summed E-state index contributed by atoms with van der Waals surface area (Å²) in [5.74, 6) is -0.678. The average molecular weight is 261 g/mol. The van der Waals surface area contributed by atoms with Gasteiger partial charge in [0.2, 0.25) is 0 Å². The number of hydrogen-bond acceptors (Lipinski definition) is 3. The second-order valence-corrected chi connectivity index (χ2v) is 2.91. The van der Waals surface area contributed by atoms with Gasteiger partial charge >= 0.3 is 5.97 Å². The number of rotatable bonds is 2. The van der Waals surface area contributed by atoms with Gasteiger partial charge in [-0.2, -0.15) is 0 Å². The number of ether oxygens (including phenoxy) is 1. The van der Waals surface area contributed by atoms with Gasteiger partial charge in [-0.05, 0) is 17.7 Å². The molecule has 1 aromatic rings. The molecule has 0 radical (unpaired) electrons. The van der Waals surface area contributed by atoms with E-state index in [1.807, 2.05) is 27.7 Å². The van der Waals surface area contributed by atoms with Crippen molar-refractivity contribution in [3.63, 3.8) is 0 Å². The van der Waals surface area contributed by atoms with Crippen molar-refractivity contribution in [1.29, 1.82) is 0 Å². The minimum atomic E-state index is -1.23. The van der Waals surface area contributed by atoms with Crippen molar-refractivity contribution in [2.75, 3.05) is 7.11 Å². The number of benzene rings is 1. The summed E-state index contributed by atoms with van der Waals surface area (Å²) in [6.07, 6.45) is -1.23. The summed E-state index contributed by atoms with van der Waals surface area (Å²) < 4.78 is 4.37. The van der Waals surface area contributed by atoms with Gasteiger partial charge in [0.15, 0.2) is 6.10 Å². The fourth-order valence-electron chi connectivity index (χ4n) is 0.893. The smallest absolute Gasteiger partial charge is 0.339 e. The predicted octanol–water partition coefficient (Wildman–Crippen LogP) is 3.60. The van der Waals surface area contributed by atoms with Gasteiger partial charge in [-0.15, -0.1) is 0 Å². The first-order valence-corrected chi connectivity index (χ1v) is 6.04. The Morgan fingerprint density at radius 2 is 1.59 bits per heavy atom. The lowest BCUT2D eigenvalue weighted by molar-refractivity contribution is -0.150. The minimum Gasteiger partial charge on any atom is -0.467 e. The summed E-state index contributed by atoms with van der Waals surface area (Å²) in [7, 11) is 1.22. The molecular formula is C13H21ClO3. The maximum Gasteiger partial charge on any atom is 0.339 e. The minimum absolute atomic E-state index is 0.469. The van der Waals surface area contributed by atoms with Crippen LogP contribution in [0.15, 0.2) is 24.3 Å². The van der Waals surface area contributed by atoms with E-state index in [1.54, 1.807) is 24.3 Å². The second kappa shape index (κ2) is 11.4. The van der Waals surface area contributed by atoms with E-state index in [2.05, 4.69) is 4.74 Å². The lowest BCUT2D eigenvalue weighted by atomic mass is 10.1. The van der Waals surface area contributed by atoms with Gasteiger partial charge < -0.3 is 9.84 Å². The number of carbonyl (C=O) groups is 1. The molecule has 98 valence electrons. The van der Waals surface area contributed by atoms with Crippen LogP contribution in [0.25, 0.3) is 0 Å². The molecule has 0 amide bonds.